The molecule has 0 atom stereocenters. The first kappa shape index (κ1) is 14.7. The summed E-state index contributed by atoms with van der Waals surface area (Å²) in [6, 6.07) is 5.38. The van der Waals surface area contributed by atoms with Crippen LogP contribution in [0.15, 0.2) is 41.6 Å². The zero-order valence-corrected chi connectivity index (χ0v) is 12.1. The number of nitrogens with one attached hydrogen (secondary N) is 1. The van der Waals surface area contributed by atoms with E-state index in [4.69, 9.17) is 22.3 Å². The Bertz CT molecular complexity index is 751. The van der Waals surface area contributed by atoms with Gasteiger partial charge in [-0.2, -0.15) is 10.2 Å². The van der Waals surface area contributed by atoms with E-state index in [-0.39, 0.29) is 9.92 Å². The van der Waals surface area contributed by atoms with Gasteiger partial charge < -0.3 is 5.32 Å². The molecule has 2 aromatic rings. The van der Waals surface area contributed by atoms with Crippen molar-refractivity contribution in [2.75, 3.05) is 5.32 Å². The van der Waals surface area contributed by atoms with Gasteiger partial charge in [0.1, 0.15) is 4.90 Å². The minimum absolute atomic E-state index is 0.0781. The molecule has 0 bridgehead atoms. The molecule has 0 radical (unpaired) electrons. The summed E-state index contributed by atoms with van der Waals surface area (Å²) in [6.07, 6.45) is 2.68. The summed E-state index contributed by atoms with van der Waals surface area (Å²) in [7, 11) is 1.28. The van der Waals surface area contributed by atoms with E-state index >= 15 is 0 Å². The molecule has 1 aromatic heterocycles. The number of hydrogen-bond acceptors (Lipinski definition) is 5. The van der Waals surface area contributed by atoms with E-state index in [1.165, 1.54) is 36.7 Å². The fourth-order valence-corrected chi connectivity index (χ4v) is 2.93. The Hall–Kier alpha value is -1.70. The van der Waals surface area contributed by atoms with Crippen molar-refractivity contribution in [1.82, 2.24) is 10.2 Å². The predicted octanol–water partition coefficient (Wildman–Crippen LogP) is 2.31. The van der Waals surface area contributed by atoms with Crippen molar-refractivity contribution in [3.63, 3.8) is 0 Å². The van der Waals surface area contributed by atoms with Crippen molar-refractivity contribution in [2.24, 2.45) is 0 Å². The molecule has 9 heteroatoms. The van der Waals surface area contributed by atoms with Gasteiger partial charge in [-0.05, 0) is 24.3 Å². The van der Waals surface area contributed by atoms with Crippen LogP contribution in [0.4, 0.5) is 5.69 Å². The second kappa shape index (κ2) is 5.74. The Kier molecular flexibility index (Phi) is 4.22. The smallest absolute Gasteiger partial charge is 0.262 e. The molecule has 1 heterocycles. The first-order valence-corrected chi connectivity index (χ1v) is 7.89. The van der Waals surface area contributed by atoms with Gasteiger partial charge in [0.25, 0.3) is 15.0 Å². The minimum atomic E-state index is -3.92. The Morgan fingerprint density at radius 1 is 1.20 bits per heavy atom. The Balaban J connectivity index is 2.24. The molecule has 2 rings (SSSR count). The summed E-state index contributed by atoms with van der Waals surface area (Å²) < 4.78 is 22.4. The number of anilines is 1. The largest absolute Gasteiger partial charge is 0.322 e. The number of nitrogens with zero attached hydrogens (tertiary/aromatic N) is 2. The number of carbonyl (C=O) groups is 1. The molecule has 20 heavy (non-hydrogen) atoms. The molecule has 0 aliphatic rings. The van der Waals surface area contributed by atoms with Crippen LogP contribution in [0.2, 0.25) is 5.02 Å². The van der Waals surface area contributed by atoms with Crippen LogP contribution in [0.25, 0.3) is 0 Å². The van der Waals surface area contributed by atoms with Gasteiger partial charge in [-0.25, -0.2) is 8.42 Å². The summed E-state index contributed by atoms with van der Waals surface area (Å²) in [5, 5.41) is 9.60. The predicted molar refractivity (Wildman–Crippen MR) is 74.5 cm³/mol. The highest BCUT2D eigenvalue weighted by Crippen LogP contribution is 2.27. The van der Waals surface area contributed by atoms with Crippen LogP contribution in [-0.2, 0) is 9.05 Å². The molecule has 6 nitrogen and oxygen atoms in total. The van der Waals surface area contributed by atoms with E-state index in [1.54, 1.807) is 0 Å². The lowest BCUT2D eigenvalue weighted by atomic mass is 10.2. The zero-order chi connectivity index (χ0) is 14.8. The SMILES string of the molecule is O=C(Nc1ccc(S(=O)(=O)Cl)c(Cl)c1)c1ccnnc1. The fourth-order valence-electron chi connectivity index (χ4n) is 1.40. The molecule has 0 spiro atoms. The first-order valence-electron chi connectivity index (χ1n) is 5.20. The van der Waals surface area contributed by atoms with E-state index < -0.39 is 15.0 Å². The molecule has 0 aliphatic heterocycles. The third-order valence-corrected chi connectivity index (χ3v) is 4.10. The number of rotatable bonds is 3. The van der Waals surface area contributed by atoms with Crippen molar-refractivity contribution in [3.05, 3.63) is 47.2 Å². The van der Waals surface area contributed by atoms with Gasteiger partial charge in [0.15, 0.2) is 0 Å². The third kappa shape index (κ3) is 3.44. The summed E-state index contributed by atoms with van der Waals surface area (Å²) in [6.45, 7) is 0. The highest BCUT2D eigenvalue weighted by Gasteiger charge is 2.15. The molecule has 0 aliphatic carbocycles. The molecule has 0 unspecified atom stereocenters. The lowest BCUT2D eigenvalue weighted by Crippen LogP contribution is -2.12. The van der Waals surface area contributed by atoms with Crippen LogP contribution in [0.5, 0.6) is 0 Å². The second-order valence-corrected chi connectivity index (χ2v) is 6.61. The van der Waals surface area contributed by atoms with Crippen molar-refractivity contribution < 1.29 is 13.2 Å². The summed E-state index contributed by atoms with van der Waals surface area (Å²) in [5.74, 6) is -0.419. The summed E-state index contributed by atoms with van der Waals surface area (Å²) in [5.41, 5.74) is 0.644. The van der Waals surface area contributed by atoms with Gasteiger partial charge in [-0.1, -0.05) is 11.6 Å². The number of benzene rings is 1. The molecule has 1 amide bonds. The molecule has 104 valence electrons. The maximum Gasteiger partial charge on any atom is 0.262 e. The number of aromatic nitrogens is 2. The van der Waals surface area contributed by atoms with Crippen molar-refractivity contribution in [1.29, 1.82) is 0 Å². The maximum absolute atomic E-state index is 11.8. The van der Waals surface area contributed by atoms with Gasteiger partial charge in [0.2, 0.25) is 0 Å². The Morgan fingerprint density at radius 2 is 1.95 bits per heavy atom. The van der Waals surface area contributed by atoms with Crippen LogP contribution in [0.1, 0.15) is 10.4 Å². The van der Waals surface area contributed by atoms with Crippen molar-refractivity contribution in [3.8, 4) is 0 Å². The van der Waals surface area contributed by atoms with Gasteiger partial charge in [-0.15, -0.1) is 0 Å². The van der Waals surface area contributed by atoms with Crippen LogP contribution in [0, 0.1) is 0 Å². The minimum Gasteiger partial charge on any atom is -0.322 e. The number of halogens is 2. The van der Waals surface area contributed by atoms with Crippen LogP contribution in [-0.4, -0.2) is 24.5 Å². The highest BCUT2D eigenvalue weighted by molar-refractivity contribution is 8.13. The quantitative estimate of drug-likeness (QED) is 0.871. The normalized spacial score (nSPS) is 11.1. The average Bonchev–Trinajstić information content (AvgIpc) is 2.38. The Morgan fingerprint density at radius 3 is 2.50 bits per heavy atom. The van der Waals surface area contributed by atoms with E-state index in [0.29, 0.717) is 11.3 Å². The highest BCUT2D eigenvalue weighted by atomic mass is 35.7. The molecule has 0 fully saturated rings. The zero-order valence-electron chi connectivity index (χ0n) is 9.75. The average molecular weight is 332 g/mol. The summed E-state index contributed by atoms with van der Waals surface area (Å²) in [4.78, 5) is 11.6. The molecular weight excluding hydrogens is 325 g/mol. The monoisotopic (exact) mass is 331 g/mol. The lowest BCUT2D eigenvalue weighted by Gasteiger charge is -2.07. The molecule has 0 saturated carbocycles. The first-order chi connectivity index (χ1) is 9.38. The fraction of sp³-hybridized carbons (Fsp3) is 0. The van der Waals surface area contributed by atoms with Gasteiger partial charge in [0, 0.05) is 16.4 Å². The number of hydrogen-bond donors (Lipinski definition) is 1. The standard InChI is InChI=1S/C11H7Cl2N3O3S/c12-9-5-8(1-2-10(9)20(13,18)19)16-11(17)7-3-4-14-15-6-7/h1-6H,(H,16,17). The number of carbonyl (C=O) groups excluding carboxylic acids is 1. The van der Waals surface area contributed by atoms with Crippen molar-refractivity contribution >= 4 is 42.9 Å². The second-order valence-electron chi connectivity index (χ2n) is 3.67. The van der Waals surface area contributed by atoms with Crippen molar-refractivity contribution in [2.45, 2.75) is 4.90 Å². The summed E-state index contributed by atoms with van der Waals surface area (Å²) >= 11 is 5.81. The third-order valence-electron chi connectivity index (χ3n) is 2.30. The van der Waals surface area contributed by atoms with Gasteiger partial charge in [-0.3, -0.25) is 4.79 Å². The van der Waals surface area contributed by atoms with E-state index in [9.17, 15) is 13.2 Å². The molecular formula is C11H7Cl2N3O3S. The van der Waals surface area contributed by atoms with E-state index in [0.717, 1.165) is 0 Å². The molecule has 0 saturated heterocycles. The van der Waals surface area contributed by atoms with E-state index in [1.807, 2.05) is 0 Å². The molecule has 1 aromatic carbocycles. The Labute approximate surface area is 124 Å². The van der Waals surface area contributed by atoms with Crippen LogP contribution >= 0.6 is 22.3 Å². The number of amides is 1. The lowest BCUT2D eigenvalue weighted by molar-refractivity contribution is 0.102. The molecule has 1 N–H and O–H groups in total. The van der Waals surface area contributed by atoms with Gasteiger partial charge >= 0.3 is 0 Å². The van der Waals surface area contributed by atoms with Crippen LogP contribution < -0.4 is 5.32 Å². The van der Waals surface area contributed by atoms with Crippen LogP contribution in [0.3, 0.4) is 0 Å². The topological polar surface area (TPSA) is 89.0 Å². The maximum atomic E-state index is 11.8. The van der Waals surface area contributed by atoms with Gasteiger partial charge in [0.05, 0.1) is 23.0 Å². The van der Waals surface area contributed by atoms with E-state index in [2.05, 4.69) is 15.5 Å².